The van der Waals surface area contributed by atoms with E-state index < -0.39 is 0 Å². The van der Waals surface area contributed by atoms with E-state index in [-0.39, 0.29) is 24.9 Å². The fourth-order valence-corrected chi connectivity index (χ4v) is 2.72. The van der Waals surface area contributed by atoms with Gasteiger partial charge in [0.05, 0.1) is 18.8 Å². The van der Waals surface area contributed by atoms with Crippen LogP contribution in [0.2, 0.25) is 0 Å². The van der Waals surface area contributed by atoms with E-state index >= 15 is 0 Å². The predicted octanol–water partition coefficient (Wildman–Crippen LogP) is 0.474. The molecular formula is C16H22N6O4. The fourth-order valence-electron chi connectivity index (χ4n) is 2.72. The summed E-state index contributed by atoms with van der Waals surface area (Å²) in [6.07, 6.45) is 0. The zero-order valence-corrected chi connectivity index (χ0v) is 14.8. The summed E-state index contributed by atoms with van der Waals surface area (Å²) in [5.41, 5.74) is 0.716. The molecule has 1 aliphatic heterocycles. The summed E-state index contributed by atoms with van der Waals surface area (Å²) in [5.74, 6) is 1.14. The third-order valence-corrected chi connectivity index (χ3v) is 3.99. The Morgan fingerprint density at radius 3 is 2.08 bits per heavy atom. The summed E-state index contributed by atoms with van der Waals surface area (Å²) in [5, 5.41) is 12.8. The summed E-state index contributed by atoms with van der Waals surface area (Å²) >= 11 is 0. The summed E-state index contributed by atoms with van der Waals surface area (Å²) in [6, 6.07) is 3.34. The van der Waals surface area contributed by atoms with Crippen LogP contribution in [0.25, 0.3) is 0 Å². The topological polar surface area (TPSA) is 117 Å². The van der Waals surface area contributed by atoms with Gasteiger partial charge in [-0.3, -0.25) is 24.7 Å². The fraction of sp³-hybridized carbons (Fsp3) is 0.500. The summed E-state index contributed by atoms with van der Waals surface area (Å²) < 4.78 is 9.89. The molecule has 0 radical (unpaired) electrons. The number of nitrogens with one attached hydrogen (secondary N) is 2. The number of rotatable bonds is 6. The van der Waals surface area contributed by atoms with Crippen molar-refractivity contribution in [3.63, 3.8) is 0 Å². The SMILES string of the molecule is Cc1cc(NC(=O)CN2CCN(CC(=O)Nc3cc(C)on3)CC2)on1. The summed E-state index contributed by atoms with van der Waals surface area (Å²) in [4.78, 5) is 28.1. The van der Waals surface area contributed by atoms with Gasteiger partial charge in [-0.1, -0.05) is 10.3 Å². The van der Waals surface area contributed by atoms with Crippen LogP contribution in [-0.4, -0.2) is 71.2 Å². The minimum atomic E-state index is -0.145. The Labute approximate surface area is 150 Å². The van der Waals surface area contributed by atoms with Gasteiger partial charge < -0.3 is 14.4 Å². The first kappa shape index (κ1) is 18.1. The first-order chi connectivity index (χ1) is 12.5. The van der Waals surface area contributed by atoms with Crippen molar-refractivity contribution in [3.05, 3.63) is 23.6 Å². The number of aromatic nitrogens is 2. The van der Waals surface area contributed by atoms with E-state index in [0.717, 1.165) is 0 Å². The number of carbonyl (C=O) groups excluding carboxylic acids is 2. The van der Waals surface area contributed by atoms with Gasteiger partial charge in [0, 0.05) is 38.3 Å². The number of carbonyl (C=O) groups is 2. The molecule has 0 spiro atoms. The molecule has 0 atom stereocenters. The molecule has 2 amide bonds. The molecule has 2 N–H and O–H groups in total. The number of piperazine rings is 1. The molecule has 2 aromatic rings. The summed E-state index contributed by atoms with van der Waals surface area (Å²) in [6.45, 7) is 6.94. The van der Waals surface area contributed by atoms with E-state index in [0.29, 0.717) is 49.3 Å². The maximum absolute atomic E-state index is 12.0. The average molecular weight is 362 g/mol. The number of hydrogen-bond acceptors (Lipinski definition) is 8. The Morgan fingerprint density at radius 1 is 0.962 bits per heavy atom. The van der Waals surface area contributed by atoms with Crippen molar-refractivity contribution < 1.29 is 18.6 Å². The van der Waals surface area contributed by atoms with Gasteiger partial charge in [0.2, 0.25) is 17.7 Å². The molecule has 0 saturated carbocycles. The second-order valence-corrected chi connectivity index (χ2v) is 6.30. The first-order valence-electron chi connectivity index (χ1n) is 8.39. The highest BCUT2D eigenvalue weighted by molar-refractivity contribution is 5.91. The van der Waals surface area contributed by atoms with Crippen LogP contribution in [0, 0.1) is 13.8 Å². The van der Waals surface area contributed by atoms with Crippen molar-refractivity contribution >= 4 is 23.5 Å². The van der Waals surface area contributed by atoms with Crippen LogP contribution in [0.4, 0.5) is 11.7 Å². The molecular weight excluding hydrogens is 340 g/mol. The molecule has 26 heavy (non-hydrogen) atoms. The number of amides is 2. The second kappa shape index (κ2) is 8.11. The van der Waals surface area contributed by atoms with Gasteiger partial charge in [-0.25, -0.2) is 0 Å². The van der Waals surface area contributed by atoms with Crippen LogP contribution in [0.15, 0.2) is 21.2 Å². The molecule has 0 aliphatic carbocycles. The predicted molar refractivity (Wildman–Crippen MR) is 92.6 cm³/mol. The normalized spacial score (nSPS) is 15.8. The van der Waals surface area contributed by atoms with Crippen LogP contribution in [0.1, 0.15) is 11.5 Å². The van der Waals surface area contributed by atoms with Crippen LogP contribution in [0.3, 0.4) is 0 Å². The molecule has 3 heterocycles. The molecule has 1 fully saturated rings. The molecule has 10 heteroatoms. The smallest absolute Gasteiger partial charge is 0.240 e. The number of hydrogen-bond donors (Lipinski definition) is 2. The van der Waals surface area contributed by atoms with E-state index in [2.05, 4.69) is 20.9 Å². The van der Waals surface area contributed by atoms with E-state index in [1.807, 2.05) is 9.80 Å². The monoisotopic (exact) mass is 362 g/mol. The molecule has 3 rings (SSSR count). The standard InChI is InChI=1S/C16H22N6O4/c1-11-7-16(26-19-11)18-15(24)10-22-5-3-21(4-6-22)9-14(23)17-13-8-12(2)25-20-13/h7-8H,3-6,9-10H2,1-2H3,(H,18,24)(H,17,20,23). The zero-order valence-electron chi connectivity index (χ0n) is 14.8. The van der Waals surface area contributed by atoms with Gasteiger partial charge in [-0.2, -0.15) is 0 Å². The van der Waals surface area contributed by atoms with E-state index in [1.165, 1.54) is 0 Å². The molecule has 140 valence electrons. The number of aryl methyl sites for hydroxylation is 2. The lowest BCUT2D eigenvalue weighted by Gasteiger charge is -2.33. The Bertz CT molecular complexity index is 698. The third-order valence-electron chi connectivity index (χ3n) is 3.99. The van der Waals surface area contributed by atoms with Gasteiger partial charge in [-0.05, 0) is 13.8 Å². The Morgan fingerprint density at radius 2 is 1.58 bits per heavy atom. The number of nitrogens with zero attached hydrogens (tertiary/aromatic N) is 4. The van der Waals surface area contributed by atoms with Crippen molar-refractivity contribution in [2.45, 2.75) is 13.8 Å². The average Bonchev–Trinajstić information content (AvgIpc) is 3.17. The van der Waals surface area contributed by atoms with Crippen LogP contribution in [-0.2, 0) is 9.59 Å². The highest BCUT2D eigenvalue weighted by atomic mass is 16.5. The Hall–Kier alpha value is -2.72. The van der Waals surface area contributed by atoms with Gasteiger partial charge in [-0.15, -0.1) is 0 Å². The molecule has 0 unspecified atom stereocenters. The summed E-state index contributed by atoms with van der Waals surface area (Å²) in [7, 11) is 0. The highest BCUT2D eigenvalue weighted by Gasteiger charge is 2.21. The molecule has 2 aromatic heterocycles. The third kappa shape index (κ3) is 5.14. The first-order valence-corrected chi connectivity index (χ1v) is 8.39. The quantitative estimate of drug-likeness (QED) is 0.762. The van der Waals surface area contributed by atoms with Crippen molar-refractivity contribution in [1.82, 2.24) is 20.1 Å². The van der Waals surface area contributed by atoms with Crippen LogP contribution < -0.4 is 10.6 Å². The van der Waals surface area contributed by atoms with Crippen molar-refractivity contribution in [2.24, 2.45) is 0 Å². The Balaban J connectivity index is 1.37. The highest BCUT2D eigenvalue weighted by Crippen LogP contribution is 2.09. The molecule has 0 aromatic carbocycles. The maximum atomic E-state index is 12.0. The van der Waals surface area contributed by atoms with Gasteiger partial charge in [0.15, 0.2) is 5.82 Å². The number of anilines is 2. The molecule has 10 nitrogen and oxygen atoms in total. The molecule has 1 saturated heterocycles. The van der Waals surface area contributed by atoms with E-state index in [4.69, 9.17) is 9.05 Å². The molecule has 0 bridgehead atoms. The Kier molecular flexibility index (Phi) is 5.64. The second-order valence-electron chi connectivity index (χ2n) is 6.30. The van der Waals surface area contributed by atoms with E-state index in [1.54, 1.807) is 26.0 Å². The van der Waals surface area contributed by atoms with Crippen LogP contribution in [0.5, 0.6) is 0 Å². The zero-order chi connectivity index (χ0) is 18.5. The largest absolute Gasteiger partial charge is 0.360 e. The lowest BCUT2D eigenvalue weighted by Crippen LogP contribution is -2.50. The van der Waals surface area contributed by atoms with Crippen molar-refractivity contribution in [1.29, 1.82) is 0 Å². The lowest BCUT2D eigenvalue weighted by molar-refractivity contribution is -0.120. The van der Waals surface area contributed by atoms with Crippen molar-refractivity contribution in [3.8, 4) is 0 Å². The van der Waals surface area contributed by atoms with Crippen molar-refractivity contribution in [2.75, 3.05) is 49.9 Å². The maximum Gasteiger partial charge on any atom is 0.240 e. The van der Waals surface area contributed by atoms with E-state index in [9.17, 15) is 9.59 Å². The lowest BCUT2D eigenvalue weighted by atomic mass is 10.3. The minimum Gasteiger partial charge on any atom is -0.360 e. The van der Waals surface area contributed by atoms with Gasteiger partial charge in [0.1, 0.15) is 5.76 Å². The van der Waals surface area contributed by atoms with Crippen LogP contribution >= 0.6 is 0 Å². The minimum absolute atomic E-state index is 0.134. The van der Waals surface area contributed by atoms with Gasteiger partial charge in [0.25, 0.3) is 0 Å². The molecule has 1 aliphatic rings. The van der Waals surface area contributed by atoms with Gasteiger partial charge >= 0.3 is 0 Å².